The number of pyridine rings is 1. The van der Waals surface area contributed by atoms with E-state index in [4.69, 9.17) is 10.1 Å². The smallest absolute Gasteiger partial charge is 0.307 e. The van der Waals surface area contributed by atoms with Crippen LogP contribution in [0.5, 0.6) is 0 Å². The van der Waals surface area contributed by atoms with Gasteiger partial charge in [0, 0.05) is 49.5 Å². The molecule has 2 aliphatic heterocycles. The van der Waals surface area contributed by atoms with E-state index in [1.54, 1.807) is 33.8 Å². The Labute approximate surface area is 274 Å². The van der Waals surface area contributed by atoms with E-state index >= 15 is 0 Å². The highest BCUT2D eigenvalue weighted by atomic mass is 19.1. The predicted octanol–water partition coefficient (Wildman–Crippen LogP) is 7.15. The standard InChI is InChI=1S/C34H42FN3O3.C4H10O/c1-21-16-28(35)9-8-26(21)19-37-13-10-24-17-25(6-7-27(24)20-37)31-32(23(3)39)36-22(2)29(18-30(40)41)33(31)38-14-11-34(4,5)12-15-38;1-4(2,3)5/h6-9,16-17,23,39H,10-15,18-20H2,1-5H3,(H,40,41);5H,1-3H3. The number of aliphatic carboxylic acids is 1. The summed E-state index contributed by atoms with van der Waals surface area (Å²) in [7, 11) is 0. The van der Waals surface area contributed by atoms with Crippen LogP contribution < -0.4 is 4.90 Å². The third kappa shape index (κ3) is 9.14. The second-order valence-electron chi connectivity index (χ2n) is 14.9. The highest BCUT2D eigenvalue weighted by Gasteiger charge is 2.32. The van der Waals surface area contributed by atoms with E-state index in [0.717, 1.165) is 85.5 Å². The van der Waals surface area contributed by atoms with Crippen LogP contribution in [0.3, 0.4) is 0 Å². The maximum atomic E-state index is 13.6. The molecule has 1 atom stereocenters. The van der Waals surface area contributed by atoms with E-state index in [0.29, 0.717) is 11.4 Å². The van der Waals surface area contributed by atoms with Crippen molar-refractivity contribution in [3.63, 3.8) is 0 Å². The molecule has 5 rings (SSSR count). The number of aromatic nitrogens is 1. The van der Waals surface area contributed by atoms with Gasteiger partial charge < -0.3 is 20.2 Å². The fourth-order valence-electron chi connectivity index (χ4n) is 6.36. The van der Waals surface area contributed by atoms with Crippen LogP contribution in [-0.4, -0.2) is 56.4 Å². The van der Waals surface area contributed by atoms with E-state index in [9.17, 15) is 19.4 Å². The lowest BCUT2D eigenvalue weighted by Crippen LogP contribution is -2.38. The molecule has 3 N–H and O–H groups in total. The second kappa shape index (κ2) is 14.2. The van der Waals surface area contributed by atoms with Crippen molar-refractivity contribution in [2.24, 2.45) is 5.41 Å². The fourth-order valence-corrected chi connectivity index (χ4v) is 6.36. The van der Waals surface area contributed by atoms with Gasteiger partial charge in [0.1, 0.15) is 5.82 Å². The number of aliphatic hydroxyl groups is 2. The third-order valence-electron chi connectivity index (χ3n) is 8.95. The zero-order chi connectivity index (χ0) is 34.0. The number of aryl methyl sites for hydroxylation is 2. The van der Waals surface area contributed by atoms with Gasteiger partial charge >= 0.3 is 5.97 Å². The SMILES string of the molecule is CC(C)(C)O.Cc1cc(F)ccc1CN1CCc2cc(-c3c(C(C)O)nc(C)c(CC(=O)O)c3N3CCC(C)(C)CC3)ccc2C1. The van der Waals surface area contributed by atoms with Crippen LogP contribution in [0.1, 0.15) is 99.7 Å². The zero-order valence-corrected chi connectivity index (χ0v) is 28.9. The molecule has 0 aliphatic carbocycles. The van der Waals surface area contributed by atoms with Crippen LogP contribution in [0.15, 0.2) is 36.4 Å². The molecule has 3 aromatic rings. The number of nitrogens with zero attached hydrogens (tertiary/aromatic N) is 3. The lowest BCUT2D eigenvalue weighted by molar-refractivity contribution is -0.136. The number of benzene rings is 2. The van der Waals surface area contributed by atoms with Crippen molar-refractivity contribution < 1.29 is 24.5 Å². The second-order valence-corrected chi connectivity index (χ2v) is 14.9. The number of piperidine rings is 1. The average molecular weight is 634 g/mol. The first kappa shape index (κ1) is 35.5. The number of hydrogen-bond donors (Lipinski definition) is 3. The van der Waals surface area contributed by atoms with Crippen molar-refractivity contribution in [1.82, 2.24) is 9.88 Å². The van der Waals surface area contributed by atoms with Crippen LogP contribution in [0.4, 0.5) is 10.1 Å². The minimum atomic E-state index is -0.883. The summed E-state index contributed by atoms with van der Waals surface area (Å²) in [6.07, 6.45) is 2.00. The Morgan fingerprint density at radius 3 is 2.28 bits per heavy atom. The van der Waals surface area contributed by atoms with E-state index in [1.807, 2.05) is 19.9 Å². The van der Waals surface area contributed by atoms with Gasteiger partial charge in [0.25, 0.3) is 0 Å². The Morgan fingerprint density at radius 1 is 1.04 bits per heavy atom. The summed E-state index contributed by atoms with van der Waals surface area (Å²) in [5, 5.41) is 29.3. The summed E-state index contributed by atoms with van der Waals surface area (Å²) in [6.45, 7) is 19.5. The molecule has 46 heavy (non-hydrogen) atoms. The van der Waals surface area contributed by atoms with Crippen molar-refractivity contribution in [3.05, 3.63) is 81.4 Å². The Hall–Kier alpha value is -3.33. The molecule has 7 nitrogen and oxygen atoms in total. The van der Waals surface area contributed by atoms with Crippen molar-refractivity contribution in [3.8, 4) is 11.1 Å². The molecule has 0 saturated carbocycles. The highest BCUT2D eigenvalue weighted by Crippen LogP contribution is 2.44. The molecule has 3 heterocycles. The zero-order valence-electron chi connectivity index (χ0n) is 28.9. The molecule has 1 saturated heterocycles. The number of carboxylic acid groups (broad SMARTS) is 1. The van der Waals surface area contributed by atoms with Gasteiger partial charge in [0.05, 0.1) is 29.5 Å². The van der Waals surface area contributed by atoms with Gasteiger partial charge in [-0.3, -0.25) is 14.7 Å². The van der Waals surface area contributed by atoms with Crippen LogP contribution in [0.2, 0.25) is 0 Å². The van der Waals surface area contributed by atoms with Gasteiger partial charge in [-0.15, -0.1) is 0 Å². The number of carboxylic acids is 1. The summed E-state index contributed by atoms with van der Waals surface area (Å²) < 4.78 is 13.6. The average Bonchev–Trinajstić information content (AvgIpc) is 2.94. The third-order valence-corrected chi connectivity index (χ3v) is 8.95. The van der Waals surface area contributed by atoms with Gasteiger partial charge in [0.15, 0.2) is 0 Å². The van der Waals surface area contributed by atoms with Gasteiger partial charge in [-0.05, 0) is 106 Å². The largest absolute Gasteiger partial charge is 0.481 e. The number of fused-ring (bicyclic) bond motifs is 1. The van der Waals surface area contributed by atoms with Gasteiger partial charge in [-0.2, -0.15) is 0 Å². The molecule has 1 unspecified atom stereocenters. The summed E-state index contributed by atoms with van der Waals surface area (Å²) in [5.74, 6) is -1.09. The van der Waals surface area contributed by atoms with Crippen LogP contribution >= 0.6 is 0 Å². The molecule has 1 aromatic heterocycles. The van der Waals surface area contributed by atoms with Gasteiger partial charge in [0.2, 0.25) is 0 Å². The van der Waals surface area contributed by atoms with E-state index in [-0.39, 0.29) is 17.7 Å². The minimum absolute atomic E-state index is 0.107. The van der Waals surface area contributed by atoms with Crippen LogP contribution in [-0.2, 0) is 30.7 Å². The summed E-state index contributed by atoms with van der Waals surface area (Å²) >= 11 is 0. The van der Waals surface area contributed by atoms with Gasteiger partial charge in [-0.25, -0.2) is 4.39 Å². The van der Waals surface area contributed by atoms with Gasteiger partial charge in [-0.1, -0.05) is 38.1 Å². The summed E-state index contributed by atoms with van der Waals surface area (Å²) in [5.41, 5.74) is 9.09. The Balaban J connectivity index is 0.000000892. The molecule has 2 aromatic carbocycles. The number of rotatable bonds is 7. The molecule has 0 spiro atoms. The molecular formula is C38H52FN3O4. The van der Waals surface area contributed by atoms with Crippen LogP contribution in [0, 0.1) is 25.1 Å². The maximum absolute atomic E-state index is 13.6. The van der Waals surface area contributed by atoms with Crippen molar-refractivity contribution in [1.29, 1.82) is 0 Å². The normalized spacial score (nSPS) is 17.2. The number of carbonyl (C=O) groups is 1. The molecule has 0 amide bonds. The summed E-state index contributed by atoms with van der Waals surface area (Å²) in [4.78, 5) is 21.5. The molecule has 0 radical (unpaired) electrons. The van der Waals surface area contributed by atoms with Crippen molar-refractivity contribution in [2.75, 3.05) is 24.5 Å². The number of halogens is 1. The lowest BCUT2D eigenvalue weighted by Gasteiger charge is -2.40. The molecule has 2 aliphatic rings. The fraction of sp³-hybridized carbons (Fsp3) is 0.526. The Bertz CT molecular complexity index is 1540. The van der Waals surface area contributed by atoms with E-state index < -0.39 is 17.7 Å². The Morgan fingerprint density at radius 2 is 1.70 bits per heavy atom. The Kier molecular flexibility index (Phi) is 11.0. The van der Waals surface area contributed by atoms with E-state index in [1.165, 1.54) is 17.2 Å². The first-order chi connectivity index (χ1) is 21.4. The van der Waals surface area contributed by atoms with Crippen molar-refractivity contribution >= 4 is 11.7 Å². The predicted molar refractivity (Wildman–Crippen MR) is 183 cm³/mol. The van der Waals surface area contributed by atoms with E-state index in [2.05, 4.69) is 41.8 Å². The number of hydrogen-bond acceptors (Lipinski definition) is 6. The van der Waals surface area contributed by atoms with Crippen LogP contribution in [0.25, 0.3) is 11.1 Å². The first-order valence-electron chi connectivity index (χ1n) is 16.4. The number of aliphatic hydroxyl groups excluding tert-OH is 1. The topological polar surface area (TPSA) is 97.1 Å². The summed E-state index contributed by atoms with van der Waals surface area (Å²) in [6, 6.07) is 11.5. The molecular weight excluding hydrogens is 581 g/mol. The number of anilines is 1. The maximum Gasteiger partial charge on any atom is 0.307 e. The molecule has 8 heteroatoms. The monoisotopic (exact) mass is 633 g/mol. The first-order valence-corrected chi connectivity index (χ1v) is 16.4. The lowest BCUT2D eigenvalue weighted by atomic mass is 9.81. The quantitative estimate of drug-likeness (QED) is 0.254. The molecule has 1 fully saturated rings. The molecule has 0 bridgehead atoms. The highest BCUT2D eigenvalue weighted by molar-refractivity contribution is 5.87. The molecule has 250 valence electrons. The van der Waals surface area contributed by atoms with Crippen molar-refractivity contribution in [2.45, 2.75) is 106 Å². The minimum Gasteiger partial charge on any atom is -0.481 e.